The quantitative estimate of drug-likeness (QED) is 0.0485. The number of rotatable bonds is 21. The number of hydrogen-bond acceptors (Lipinski definition) is 8. The molecule has 0 aliphatic heterocycles. The van der Waals surface area contributed by atoms with Crippen LogP contribution in [0.2, 0.25) is 25.7 Å². The topological polar surface area (TPSA) is 80.3 Å². The Kier molecular flexibility index (Phi) is 19.5. The Morgan fingerprint density at radius 2 is 1.45 bits per heavy atom. The van der Waals surface area contributed by atoms with E-state index in [0.29, 0.717) is 31.4 Å². The normalized spacial score (nSPS) is 14.5. The standard InChI is InChI=1S/C22H44BrO7PSSi/c1-6-8-10-12-21(24)26-18-20(30-22(25)13-11-9-7-2)19-29-31(32,27-15-14-23)28-16-17-33(3,4)5/h20H,6-19H2,1-5H3/t20-,31?/m1/s1. The Labute approximate surface area is 215 Å². The summed E-state index contributed by atoms with van der Waals surface area (Å²) in [6.45, 7) is 8.57. The first-order valence-electron chi connectivity index (χ1n) is 12.0. The van der Waals surface area contributed by atoms with Crippen LogP contribution in [-0.2, 0) is 44.4 Å². The third-order valence-electron chi connectivity index (χ3n) is 4.54. The van der Waals surface area contributed by atoms with Crippen molar-refractivity contribution in [2.45, 2.75) is 97.0 Å². The molecule has 0 aromatic heterocycles. The van der Waals surface area contributed by atoms with Gasteiger partial charge in [0, 0.05) is 26.2 Å². The van der Waals surface area contributed by atoms with Crippen LogP contribution < -0.4 is 0 Å². The molecule has 196 valence electrons. The van der Waals surface area contributed by atoms with Crippen LogP contribution >= 0.6 is 22.6 Å². The first-order chi connectivity index (χ1) is 15.5. The van der Waals surface area contributed by atoms with E-state index in [4.69, 9.17) is 34.9 Å². The van der Waals surface area contributed by atoms with Gasteiger partial charge in [-0.15, -0.1) is 0 Å². The minimum absolute atomic E-state index is 0.0474. The third-order valence-corrected chi connectivity index (χ3v) is 8.98. The number of carbonyl (C=O) groups excluding carboxylic acids is 2. The minimum Gasteiger partial charge on any atom is -0.462 e. The van der Waals surface area contributed by atoms with E-state index in [0.717, 1.165) is 44.6 Å². The second kappa shape index (κ2) is 19.4. The van der Waals surface area contributed by atoms with Crippen molar-refractivity contribution in [3.05, 3.63) is 0 Å². The Balaban J connectivity index is 4.98. The molecule has 0 saturated heterocycles. The fraction of sp³-hybridized carbons (Fsp3) is 0.909. The Hall–Kier alpha value is 0.167. The van der Waals surface area contributed by atoms with Gasteiger partial charge in [-0.1, -0.05) is 75.1 Å². The van der Waals surface area contributed by atoms with E-state index < -0.39 is 20.9 Å². The zero-order valence-corrected chi connectivity index (χ0v) is 25.4. The third kappa shape index (κ3) is 20.1. The van der Waals surface area contributed by atoms with Crippen LogP contribution in [0.25, 0.3) is 0 Å². The molecule has 0 amide bonds. The van der Waals surface area contributed by atoms with Gasteiger partial charge in [-0.2, -0.15) is 0 Å². The molecule has 0 heterocycles. The number of unbranched alkanes of at least 4 members (excludes halogenated alkanes) is 4. The Bertz CT molecular complexity index is 590. The van der Waals surface area contributed by atoms with E-state index in [-0.39, 0.29) is 25.2 Å². The molecule has 0 radical (unpaired) electrons. The maximum Gasteiger partial charge on any atom is 0.327 e. The maximum atomic E-state index is 12.3. The van der Waals surface area contributed by atoms with Gasteiger partial charge >= 0.3 is 18.7 Å². The van der Waals surface area contributed by atoms with Gasteiger partial charge in [0.15, 0.2) is 6.10 Å². The van der Waals surface area contributed by atoms with Crippen molar-refractivity contribution >= 4 is 54.5 Å². The molecule has 7 nitrogen and oxygen atoms in total. The van der Waals surface area contributed by atoms with Crippen molar-refractivity contribution in [2.24, 2.45) is 0 Å². The fourth-order valence-corrected chi connectivity index (χ4v) is 5.68. The summed E-state index contributed by atoms with van der Waals surface area (Å²) in [7, 11) is -1.31. The zero-order chi connectivity index (χ0) is 25.2. The van der Waals surface area contributed by atoms with Crippen LogP contribution in [0.1, 0.15) is 65.2 Å². The number of hydrogen-bond donors (Lipinski definition) is 0. The first-order valence-corrected chi connectivity index (χ1v) is 19.4. The van der Waals surface area contributed by atoms with Crippen LogP contribution in [0, 0.1) is 0 Å². The molecule has 0 spiro atoms. The molecule has 2 atom stereocenters. The van der Waals surface area contributed by atoms with E-state index in [1.54, 1.807) is 0 Å². The van der Waals surface area contributed by atoms with Gasteiger partial charge in [-0.05, 0) is 30.7 Å². The van der Waals surface area contributed by atoms with Crippen molar-refractivity contribution in [3.8, 4) is 0 Å². The molecule has 0 bridgehead atoms. The van der Waals surface area contributed by atoms with Crippen LogP contribution in [0.4, 0.5) is 0 Å². The van der Waals surface area contributed by atoms with Crippen LogP contribution in [0.3, 0.4) is 0 Å². The fourth-order valence-electron chi connectivity index (χ4n) is 2.55. The molecule has 0 aromatic rings. The highest BCUT2D eigenvalue weighted by molar-refractivity contribution is 9.09. The molecule has 0 saturated carbocycles. The predicted octanol–water partition coefficient (Wildman–Crippen LogP) is 6.61. The van der Waals surface area contributed by atoms with Gasteiger partial charge in [0.1, 0.15) is 6.61 Å². The molecular weight excluding hydrogens is 547 g/mol. The smallest absolute Gasteiger partial charge is 0.327 e. The predicted molar refractivity (Wildman–Crippen MR) is 143 cm³/mol. The lowest BCUT2D eigenvalue weighted by atomic mass is 10.2. The Morgan fingerprint density at radius 3 is 2.00 bits per heavy atom. The summed E-state index contributed by atoms with van der Waals surface area (Å²) in [6.07, 6.45) is 5.39. The molecule has 0 aliphatic rings. The van der Waals surface area contributed by atoms with Gasteiger partial charge in [0.2, 0.25) is 0 Å². The maximum absolute atomic E-state index is 12.3. The average molecular weight is 592 g/mol. The SMILES string of the molecule is CCCCCC(=O)OC[C@H](COP(=S)(OCCBr)OCC[Si](C)(C)C)OC(=O)CCCCC. The molecule has 0 rings (SSSR count). The van der Waals surface area contributed by atoms with Gasteiger partial charge in [0.25, 0.3) is 0 Å². The highest BCUT2D eigenvalue weighted by Crippen LogP contribution is 2.50. The Morgan fingerprint density at radius 1 is 0.879 bits per heavy atom. The molecule has 0 N–H and O–H groups in total. The lowest BCUT2D eigenvalue weighted by Gasteiger charge is -2.26. The van der Waals surface area contributed by atoms with Crippen molar-refractivity contribution in [2.75, 3.05) is 31.8 Å². The summed E-state index contributed by atoms with van der Waals surface area (Å²) in [4.78, 5) is 24.3. The minimum atomic E-state index is -3.02. The molecule has 0 aromatic carbocycles. The number of carbonyl (C=O) groups is 2. The van der Waals surface area contributed by atoms with E-state index in [2.05, 4.69) is 49.4 Å². The monoisotopic (exact) mass is 590 g/mol. The molecule has 0 fully saturated rings. The first kappa shape index (κ1) is 33.2. The molecule has 0 aliphatic carbocycles. The zero-order valence-electron chi connectivity index (χ0n) is 21.1. The van der Waals surface area contributed by atoms with Crippen molar-refractivity contribution in [1.82, 2.24) is 0 Å². The summed E-state index contributed by atoms with van der Waals surface area (Å²) >= 11 is 8.90. The van der Waals surface area contributed by atoms with Crippen molar-refractivity contribution in [1.29, 1.82) is 0 Å². The lowest BCUT2D eigenvalue weighted by Crippen LogP contribution is -2.30. The number of esters is 2. The summed E-state index contributed by atoms with van der Waals surface area (Å²) in [6, 6.07) is 0.928. The second-order valence-electron chi connectivity index (χ2n) is 9.12. The summed E-state index contributed by atoms with van der Waals surface area (Å²) < 4.78 is 28.4. The van der Waals surface area contributed by atoms with Crippen LogP contribution in [0.5, 0.6) is 0 Å². The largest absolute Gasteiger partial charge is 0.462 e. The van der Waals surface area contributed by atoms with Crippen molar-refractivity contribution in [3.63, 3.8) is 0 Å². The highest BCUT2D eigenvalue weighted by Gasteiger charge is 2.26. The van der Waals surface area contributed by atoms with E-state index >= 15 is 0 Å². The van der Waals surface area contributed by atoms with Crippen LogP contribution in [-0.4, -0.2) is 57.9 Å². The molecule has 11 heteroatoms. The van der Waals surface area contributed by atoms with E-state index in [1.165, 1.54) is 0 Å². The van der Waals surface area contributed by atoms with Gasteiger partial charge in [-0.3, -0.25) is 9.59 Å². The summed E-state index contributed by atoms with van der Waals surface area (Å²) in [5.41, 5.74) is 0. The molecule has 33 heavy (non-hydrogen) atoms. The number of ether oxygens (including phenoxy) is 2. The van der Waals surface area contributed by atoms with Crippen molar-refractivity contribution < 1.29 is 32.6 Å². The summed E-state index contributed by atoms with van der Waals surface area (Å²) in [5, 5.41) is 0.595. The summed E-state index contributed by atoms with van der Waals surface area (Å²) in [5.74, 6) is -0.648. The van der Waals surface area contributed by atoms with Gasteiger partial charge in [0.05, 0.1) is 19.8 Å². The van der Waals surface area contributed by atoms with E-state index in [1.807, 2.05) is 0 Å². The second-order valence-corrected chi connectivity index (χ2v) is 18.5. The van der Waals surface area contributed by atoms with E-state index in [9.17, 15) is 9.59 Å². The highest BCUT2D eigenvalue weighted by atomic mass is 79.9. The number of halogens is 1. The number of alkyl halides is 1. The lowest BCUT2D eigenvalue weighted by molar-refractivity contribution is -0.161. The molecular formula is C22H44BrO7PSSi. The average Bonchev–Trinajstić information content (AvgIpc) is 2.74. The van der Waals surface area contributed by atoms with Gasteiger partial charge < -0.3 is 23.0 Å². The van der Waals surface area contributed by atoms with Crippen LogP contribution in [0.15, 0.2) is 0 Å². The van der Waals surface area contributed by atoms with Gasteiger partial charge in [-0.25, -0.2) is 0 Å². The molecule has 1 unspecified atom stereocenters.